The topological polar surface area (TPSA) is 117 Å². The number of nitrogens with zero attached hydrogens (tertiary/aromatic N) is 1. The number of hydrogen-bond acceptors (Lipinski definition) is 6. The maximum absolute atomic E-state index is 13.5. The molecule has 0 saturated carbocycles. The van der Waals surface area contributed by atoms with Crippen LogP contribution >= 0.6 is 11.3 Å². The standard InChI is InChI=1S/C27H37N3O6S/c1-5-6-7-8-9-10-12-28-27(34)29-24-22(26(32)33)17(2)23(37-24)25(31)30-13-11-18-14-20(35-3)21(36-4)15-19(18)16-30/h14-15H,5-13,16H2,1-4H3,(H,32,33)(H2,28,29,34). The molecule has 2 aromatic rings. The van der Waals surface area contributed by atoms with Gasteiger partial charge in [-0.3, -0.25) is 10.1 Å². The van der Waals surface area contributed by atoms with E-state index in [1.54, 1.807) is 26.0 Å². The number of nitrogens with one attached hydrogen (secondary N) is 2. The maximum Gasteiger partial charge on any atom is 0.339 e. The number of methoxy groups -OCH3 is 2. The van der Waals surface area contributed by atoms with Gasteiger partial charge in [0.05, 0.1) is 24.7 Å². The second kappa shape index (κ2) is 13.3. The highest BCUT2D eigenvalue weighted by molar-refractivity contribution is 7.18. The van der Waals surface area contributed by atoms with Crippen LogP contribution in [0.5, 0.6) is 11.5 Å². The molecule has 0 bridgehead atoms. The number of aromatic carboxylic acids is 1. The number of fused-ring (bicyclic) bond motifs is 1. The SMILES string of the molecule is CCCCCCCCNC(=O)Nc1sc(C(=O)N2CCc3cc(OC)c(OC)cc3C2)c(C)c1C(=O)O. The minimum absolute atomic E-state index is 0.0492. The Balaban J connectivity index is 1.69. The number of ether oxygens (including phenoxy) is 2. The quantitative estimate of drug-likeness (QED) is 0.314. The molecule has 3 rings (SSSR count). The van der Waals surface area contributed by atoms with Crippen molar-refractivity contribution in [2.24, 2.45) is 0 Å². The van der Waals surface area contributed by atoms with Crippen LogP contribution in [-0.4, -0.2) is 55.2 Å². The number of hydrogen-bond donors (Lipinski definition) is 3. The molecule has 3 N–H and O–H groups in total. The molecule has 1 aliphatic heterocycles. The zero-order valence-corrected chi connectivity index (χ0v) is 22.9. The third-order valence-electron chi connectivity index (χ3n) is 6.60. The van der Waals surface area contributed by atoms with Crippen molar-refractivity contribution in [3.63, 3.8) is 0 Å². The van der Waals surface area contributed by atoms with E-state index in [9.17, 15) is 19.5 Å². The Bertz CT molecular complexity index is 1130. The molecule has 10 heteroatoms. The number of thiophene rings is 1. The fourth-order valence-electron chi connectivity index (χ4n) is 4.52. The van der Waals surface area contributed by atoms with Gasteiger partial charge in [0.2, 0.25) is 0 Å². The molecule has 0 spiro atoms. The van der Waals surface area contributed by atoms with Crippen LogP contribution in [0.25, 0.3) is 0 Å². The average Bonchev–Trinajstić information content (AvgIpc) is 3.21. The molecule has 202 valence electrons. The molecule has 0 atom stereocenters. The third-order valence-corrected chi connectivity index (χ3v) is 7.80. The van der Waals surface area contributed by atoms with E-state index in [1.807, 2.05) is 12.1 Å². The number of rotatable bonds is 12. The highest BCUT2D eigenvalue weighted by Crippen LogP contribution is 2.37. The van der Waals surface area contributed by atoms with Crippen LogP contribution < -0.4 is 20.1 Å². The number of carboxylic acid groups (broad SMARTS) is 1. The molecule has 0 radical (unpaired) electrons. The third kappa shape index (κ3) is 6.94. The van der Waals surface area contributed by atoms with Crippen LogP contribution in [0.4, 0.5) is 9.80 Å². The van der Waals surface area contributed by atoms with E-state index in [0.29, 0.717) is 48.0 Å². The summed E-state index contributed by atoms with van der Waals surface area (Å²) in [7, 11) is 3.15. The van der Waals surface area contributed by atoms with Crippen LogP contribution in [0.15, 0.2) is 12.1 Å². The van der Waals surface area contributed by atoms with E-state index in [0.717, 1.165) is 41.7 Å². The number of carboxylic acids is 1. The first-order valence-electron chi connectivity index (χ1n) is 12.7. The van der Waals surface area contributed by atoms with E-state index in [1.165, 1.54) is 19.3 Å². The number of unbranched alkanes of at least 4 members (excludes halogenated alkanes) is 5. The first kappa shape index (κ1) is 28.3. The van der Waals surface area contributed by atoms with Crippen molar-refractivity contribution in [1.29, 1.82) is 0 Å². The van der Waals surface area contributed by atoms with Crippen molar-refractivity contribution in [2.75, 3.05) is 32.6 Å². The Hall–Kier alpha value is -3.27. The molecule has 1 aromatic carbocycles. The highest BCUT2D eigenvalue weighted by Gasteiger charge is 2.30. The summed E-state index contributed by atoms with van der Waals surface area (Å²) in [5.74, 6) is -0.202. The van der Waals surface area contributed by atoms with E-state index in [4.69, 9.17) is 9.47 Å². The number of carbonyl (C=O) groups is 3. The Kier molecular flexibility index (Phi) is 10.2. The van der Waals surface area contributed by atoms with Crippen molar-refractivity contribution in [3.8, 4) is 11.5 Å². The summed E-state index contributed by atoms with van der Waals surface area (Å²) in [6.07, 6.45) is 7.28. The van der Waals surface area contributed by atoms with Gasteiger partial charge in [-0.1, -0.05) is 39.0 Å². The lowest BCUT2D eigenvalue weighted by Crippen LogP contribution is -2.36. The number of urea groups is 1. The molecule has 0 unspecified atom stereocenters. The molecular weight excluding hydrogens is 494 g/mol. The second-order valence-electron chi connectivity index (χ2n) is 9.17. The van der Waals surface area contributed by atoms with Gasteiger partial charge < -0.3 is 24.8 Å². The molecule has 3 amide bonds. The zero-order valence-electron chi connectivity index (χ0n) is 22.1. The Labute approximate surface area is 222 Å². The number of amides is 3. The molecule has 1 aliphatic rings. The zero-order chi connectivity index (χ0) is 26.9. The molecule has 2 heterocycles. The van der Waals surface area contributed by atoms with E-state index >= 15 is 0 Å². The van der Waals surface area contributed by atoms with Crippen molar-refractivity contribution in [1.82, 2.24) is 10.2 Å². The lowest BCUT2D eigenvalue weighted by molar-refractivity contribution is 0.0697. The van der Waals surface area contributed by atoms with Gasteiger partial charge in [0.1, 0.15) is 5.00 Å². The number of benzene rings is 1. The van der Waals surface area contributed by atoms with Gasteiger partial charge in [0.15, 0.2) is 11.5 Å². The van der Waals surface area contributed by atoms with Gasteiger partial charge in [0.25, 0.3) is 5.91 Å². The predicted octanol–water partition coefficient (Wildman–Crippen LogP) is 5.45. The first-order valence-corrected chi connectivity index (χ1v) is 13.6. The molecule has 0 fully saturated rings. The van der Waals surface area contributed by atoms with Gasteiger partial charge in [0, 0.05) is 19.6 Å². The highest BCUT2D eigenvalue weighted by atomic mass is 32.1. The van der Waals surface area contributed by atoms with Crippen molar-refractivity contribution >= 4 is 34.2 Å². The number of anilines is 1. The number of carbonyl (C=O) groups excluding carboxylic acids is 2. The molecule has 1 aromatic heterocycles. The largest absolute Gasteiger partial charge is 0.493 e. The van der Waals surface area contributed by atoms with Gasteiger partial charge in [-0.05, 0) is 48.6 Å². The average molecular weight is 532 g/mol. The summed E-state index contributed by atoms with van der Waals surface area (Å²) in [5.41, 5.74) is 2.34. The Morgan fingerprint density at radius 1 is 1.03 bits per heavy atom. The Morgan fingerprint density at radius 2 is 1.68 bits per heavy atom. The smallest absolute Gasteiger partial charge is 0.339 e. The summed E-state index contributed by atoms with van der Waals surface area (Å²) in [4.78, 5) is 39.9. The fourth-order valence-corrected chi connectivity index (χ4v) is 5.68. The van der Waals surface area contributed by atoms with Crippen LogP contribution in [0.1, 0.15) is 82.2 Å². The molecule has 0 aliphatic carbocycles. The summed E-state index contributed by atoms with van der Waals surface area (Å²) in [6, 6.07) is 3.34. The van der Waals surface area contributed by atoms with Crippen molar-refractivity contribution < 1.29 is 29.0 Å². The lowest BCUT2D eigenvalue weighted by Gasteiger charge is -2.29. The van der Waals surface area contributed by atoms with E-state index < -0.39 is 12.0 Å². The maximum atomic E-state index is 13.5. The summed E-state index contributed by atoms with van der Waals surface area (Å²) in [5, 5.41) is 15.4. The van der Waals surface area contributed by atoms with Crippen LogP contribution in [-0.2, 0) is 13.0 Å². The van der Waals surface area contributed by atoms with Gasteiger partial charge in [-0.15, -0.1) is 11.3 Å². The molecule has 37 heavy (non-hydrogen) atoms. The Morgan fingerprint density at radius 3 is 2.32 bits per heavy atom. The molecule has 0 saturated heterocycles. The van der Waals surface area contributed by atoms with Crippen LogP contribution in [0.2, 0.25) is 0 Å². The predicted molar refractivity (Wildman–Crippen MR) is 144 cm³/mol. The first-order chi connectivity index (χ1) is 17.8. The van der Waals surface area contributed by atoms with Crippen LogP contribution in [0.3, 0.4) is 0 Å². The summed E-state index contributed by atoms with van der Waals surface area (Å²) >= 11 is 1.00. The van der Waals surface area contributed by atoms with E-state index in [-0.39, 0.29) is 16.5 Å². The monoisotopic (exact) mass is 531 g/mol. The van der Waals surface area contributed by atoms with Gasteiger partial charge in [-0.2, -0.15) is 0 Å². The lowest BCUT2D eigenvalue weighted by atomic mass is 9.98. The summed E-state index contributed by atoms with van der Waals surface area (Å²) in [6.45, 7) is 5.15. The van der Waals surface area contributed by atoms with Crippen molar-refractivity contribution in [2.45, 2.75) is 65.3 Å². The minimum Gasteiger partial charge on any atom is -0.493 e. The molecular formula is C27H37N3O6S. The van der Waals surface area contributed by atoms with Crippen molar-refractivity contribution in [3.05, 3.63) is 39.3 Å². The van der Waals surface area contributed by atoms with Gasteiger partial charge in [-0.25, -0.2) is 9.59 Å². The molecule has 9 nitrogen and oxygen atoms in total. The summed E-state index contributed by atoms with van der Waals surface area (Å²) < 4.78 is 10.8. The normalized spacial score (nSPS) is 12.6. The van der Waals surface area contributed by atoms with Crippen LogP contribution in [0, 0.1) is 6.92 Å². The minimum atomic E-state index is -1.18. The second-order valence-corrected chi connectivity index (χ2v) is 10.2. The van der Waals surface area contributed by atoms with Gasteiger partial charge >= 0.3 is 12.0 Å². The van der Waals surface area contributed by atoms with E-state index in [2.05, 4.69) is 17.6 Å². The fraction of sp³-hybridized carbons (Fsp3) is 0.519.